The highest BCUT2D eigenvalue weighted by Gasteiger charge is 2.16. The quantitative estimate of drug-likeness (QED) is 0.892. The van der Waals surface area contributed by atoms with Crippen LogP contribution in [0.15, 0.2) is 41.1 Å². The van der Waals surface area contributed by atoms with Crippen LogP contribution >= 0.6 is 15.9 Å². The minimum absolute atomic E-state index is 0.149. The number of halogens is 1. The number of benzene rings is 1. The summed E-state index contributed by atoms with van der Waals surface area (Å²) in [5.74, 6) is -0.186. The third-order valence-electron chi connectivity index (χ3n) is 3.36. The molecule has 1 aromatic carbocycles. The number of carbonyl (C=O) groups is 1. The molecule has 0 aliphatic carbocycles. The van der Waals surface area contributed by atoms with Crippen molar-refractivity contribution in [3.8, 4) is 0 Å². The number of rotatable bonds is 4. The maximum absolute atomic E-state index is 12.3. The van der Waals surface area contributed by atoms with E-state index >= 15 is 0 Å². The molecule has 21 heavy (non-hydrogen) atoms. The van der Waals surface area contributed by atoms with Crippen molar-refractivity contribution in [3.63, 3.8) is 0 Å². The Morgan fingerprint density at radius 1 is 1.38 bits per heavy atom. The van der Waals surface area contributed by atoms with E-state index in [-0.39, 0.29) is 12.5 Å². The van der Waals surface area contributed by atoms with E-state index in [1.165, 1.54) is 0 Å². The van der Waals surface area contributed by atoms with Crippen molar-refractivity contribution in [2.45, 2.75) is 20.0 Å². The lowest BCUT2D eigenvalue weighted by Crippen LogP contribution is -2.29. The van der Waals surface area contributed by atoms with Crippen molar-refractivity contribution < 1.29 is 9.90 Å². The molecular formula is C16H17BrN2O2. The Morgan fingerprint density at radius 2 is 2.14 bits per heavy atom. The second-order valence-corrected chi connectivity index (χ2v) is 5.73. The van der Waals surface area contributed by atoms with Crippen molar-refractivity contribution >= 4 is 21.8 Å². The molecule has 0 fully saturated rings. The first-order valence-electron chi connectivity index (χ1n) is 6.62. The van der Waals surface area contributed by atoms with Crippen molar-refractivity contribution in [3.05, 3.63) is 63.4 Å². The number of carbonyl (C=O) groups excluding carboxylic acids is 1. The number of amides is 1. The molecule has 2 N–H and O–H groups in total. The fourth-order valence-electron chi connectivity index (χ4n) is 2.14. The number of aromatic nitrogens is 1. The summed E-state index contributed by atoms with van der Waals surface area (Å²) in [5.41, 5.74) is 3.12. The molecule has 0 bridgehead atoms. The summed E-state index contributed by atoms with van der Waals surface area (Å²) < 4.78 is 0.894. The molecule has 0 aliphatic rings. The highest BCUT2D eigenvalue weighted by atomic mass is 79.9. The molecule has 1 atom stereocenters. The van der Waals surface area contributed by atoms with Gasteiger partial charge in [0.2, 0.25) is 0 Å². The number of pyridine rings is 1. The topological polar surface area (TPSA) is 62.2 Å². The van der Waals surface area contributed by atoms with Gasteiger partial charge in [0.05, 0.1) is 6.10 Å². The van der Waals surface area contributed by atoms with Gasteiger partial charge < -0.3 is 10.4 Å². The third kappa shape index (κ3) is 3.68. The summed E-state index contributed by atoms with van der Waals surface area (Å²) in [6.07, 6.45) is 2.46. The number of aliphatic hydroxyl groups is 1. The van der Waals surface area contributed by atoms with Gasteiger partial charge in [-0.15, -0.1) is 0 Å². The molecule has 5 heteroatoms. The first kappa shape index (κ1) is 15.7. The molecule has 1 amide bonds. The second-order valence-electron chi connectivity index (χ2n) is 4.88. The maximum atomic E-state index is 12.3. The highest BCUT2D eigenvalue weighted by Crippen LogP contribution is 2.23. The fraction of sp³-hybridized carbons (Fsp3) is 0.250. The number of aryl methyl sites for hydroxylation is 1. The molecule has 0 aliphatic heterocycles. The summed E-state index contributed by atoms with van der Waals surface area (Å²) in [7, 11) is 0. The lowest BCUT2D eigenvalue weighted by molar-refractivity contribution is 0.0915. The summed E-state index contributed by atoms with van der Waals surface area (Å²) >= 11 is 3.43. The summed E-state index contributed by atoms with van der Waals surface area (Å²) in [5, 5.41) is 12.8. The Bertz CT molecular complexity index is 644. The SMILES string of the molecule is Cc1ccc(Br)c(C)c1C(=O)NCC(O)c1cccnc1. The number of hydrogen-bond acceptors (Lipinski definition) is 3. The van der Waals surface area contributed by atoms with Crippen molar-refractivity contribution in [1.29, 1.82) is 0 Å². The van der Waals surface area contributed by atoms with Gasteiger partial charge in [-0.05, 0) is 37.1 Å². The van der Waals surface area contributed by atoms with Crippen LogP contribution in [0.2, 0.25) is 0 Å². The van der Waals surface area contributed by atoms with Crippen LogP contribution in [-0.2, 0) is 0 Å². The molecule has 1 aromatic heterocycles. The van der Waals surface area contributed by atoms with Crippen molar-refractivity contribution in [2.75, 3.05) is 6.54 Å². The zero-order valence-electron chi connectivity index (χ0n) is 11.9. The lowest BCUT2D eigenvalue weighted by atomic mass is 10.0. The van der Waals surface area contributed by atoms with Gasteiger partial charge >= 0.3 is 0 Å². The minimum atomic E-state index is -0.768. The third-order valence-corrected chi connectivity index (χ3v) is 4.22. The Labute approximate surface area is 132 Å². The predicted molar refractivity (Wildman–Crippen MR) is 85.1 cm³/mol. The van der Waals surface area contributed by atoms with Crippen LogP contribution in [0.25, 0.3) is 0 Å². The van der Waals surface area contributed by atoms with Crippen LogP contribution in [0.4, 0.5) is 0 Å². The number of aliphatic hydroxyl groups excluding tert-OH is 1. The van der Waals surface area contributed by atoms with Gasteiger partial charge in [0.25, 0.3) is 5.91 Å². The predicted octanol–water partition coefficient (Wildman–Crippen LogP) is 2.92. The lowest BCUT2D eigenvalue weighted by Gasteiger charge is -2.14. The molecule has 4 nitrogen and oxygen atoms in total. The zero-order chi connectivity index (χ0) is 15.4. The smallest absolute Gasteiger partial charge is 0.251 e. The highest BCUT2D eigenvalue weighted by molar-refractivity contribution is 9.10. The maximum Gasteiger partial charge on any atom is 0.251 e. The molecule has 2 aromatic rings. The number of hydrogen-bond donors (Lipinski definition) is 2. The molecule has 110 valence electrons. The van der Waals surface area contributed by atoms with Crippen molar-refractivity contribution in [1.82, 2.24) is 10.3 Å². The zero-order valence-corrected chi connectivity index (χ0v) is 13.5. The van der Waals surface area contributed by atoms with E-state index in [2.05, 4.69) is 26.2 Å². The normalized spacial score (nSPS) is 12.0. The van der Waals surface area contributed by atoms with E-state index in [4.69, 9.17) is 0 Å². The van der Waals surface area contributed by atoms with Gasteiger partial charge in [-0.2, -0.15) is 0 Å². The van der Waals surface area contributed by atoms with Crippen LogP contribution in [0.3, 0.4) is 0 Å². The molecular weight excluding hydrogens is 332 g/mol. The first-order chi connectivity index (χ1) is 10.0. The van der Waals surface area contributed by atoms with Gasteiger partial charge in [-0.1, -0.05) is 28.1 Å². The minimum Gasteiger partial charge on any atom is -0.387 e. The molecule has 1 heterocycles. The van der Waals surface area contributed by atoms with Crippen LogP contribution in [0.1, 0.15) is 33.2 Å². The summed E-state index contributed by atoms with van der Waals surface area (Å²) in [4.78, 5) is 16.3. The van der Waals surface area contributed by atoms with Crippen molar-refractivity contribution in [2.24, 2.45) is 0 Å². The Kier molecular flexibility index (Phi) is 5.09. The average Bonchev–Trinajstić information content (AvgIpc) is 2.50. The molecule has 0 saturated heterocycles. The summed E-state index contributed by atoms with van der Waals surface area (Å²) in [6.45, 7) is 3.94. The molecule has 2 rings (SSSR count). The van der Waals surface area contributed by atoms with E-state index in [0.717, 1.165) is 15.6 Å². The largest absolute Gasteiger partial charge is 0.387 e. The Balaban J connectivity index is 2.08. The van der Waals surface area contributed by atoms with E-state index in [0.29, 0.717) is 11.1 Å². The summed E-state index contributed by atoms with van der Waals surface area (Å²) in [6, 6.07) is 7.35. The average molecular weight is 349 g/mol. The monoisotopic (exact) mass is 348 g/mol. The van der Waals surface area contributed by atoms with Gasteiger partial charge in [-0.25, -0.2) is 0 Å². The molecule has 0 spiro atoms. The van der Waals surface area contributed by atoms with Crippen LogP contribution in [-0.4, -0.2) is 22.5 Å². The van der Waals surface area contributed by atoms with E-state index in [1.807, 2.05) is 26.0 Å². The Morgan fingerprint density at radius 3 is 2.81 bits per heavy atom. The van der Waals surface area contributed by atoms with Gasteiger partial charge in [0.15, 0.2) is 0 Å². The van der Waals surface area contributed by atoms with E-state index in [9.17, 15) is 9.90 Å². The molecule has 0 saturated carbocycles. The van der Waals surface area contributed by atoms with Crippen LogP contribution < -0.4 is 5.32 Å². The molecule has 0 radical (unpaired) electrons. The first-order valence-corrected chi connectivity index (χ1v) is 7.42. The van der Waals surface area contributed by atoms with E-state index < -0.39 is 6.10 Å². The van der Waals surface area contributed by atoms with Gasteiger partial charge in [0.1, 0.15) is 0 Å². The van der Waals surface area contributed by atoms with E-state index in [1.54, 1.807) is 24.5 Å². The Hall–Kier alpha value is -1.72. The second kappa shape index (κ2) is 6.83. The van der Waals surface area contributed by atoms with Crippen LogP contribution in [0, 0.1) is 13.8 Å². The number of nitrogens with one attached hydrogen (secondary N) is 1. The standard InChI is InChI=1S/C16H17BrN2O2/c1-10-5-6-13(17)11(2)15(10)16(21)19-9-14(20)12-4-3-7-18-8-12/h3-8,14,20H,9H2,1-2H3,(H,19,21). The number of nitrogens with zero attached hydrogens (tertiary/aromatic N) is 1. The molecule has 1 unspecified atom stereocenters. The van der Waals surface area contributed by atoms with Crippen LogP contribution in [0.5, 0.6) is 0 Å². The fourth-order valence-corrected chi connectivity index (χ4v) is 2.47. The van der Waals surface area contributed by atoms with Gasteiger partial charge in [-0.3, -0.25) is 9.78 Å². The van der Waals surface area contributed by atoms with Gasteiger partial charge in [0, 0.05) is 34.5 Å².